The molecule has 0 N–H and O–H groups in total. The standard InChI is InChI=1S/C14H18ClNO3/c1-18-12-5-3-4-11(13(12)19-2)14(17)16(9-8-15)10-6-7-10/h3-5,10H,6-9H2,1-2H3. The van der Waals surface area contributed by atoms with E-state index >= 15 is 0 Å². The number of alkyl halides is 1. The topological polar surface area (TPSA) is 38.8 Å². The van der Waals surface area contributed by atoms with Crippen molar-refractivity contribution in [2.45, 2.75) is 18.9 Å². The minimum Gasteiger partial charge on any atom is -0.493 e. The van der Waals surface area contributed by atoms with Crippen molar-refractivity contribution in [2.75, 3.05) is 26.6 Å². The van der Waals surface area contributed by atoms with E-state index in [-0.39, 0.29) is 5.91 Å². The van der Waals surface area contributed by atoms with Crippen LogP contribution in [0.3, 0.4) is 0 Å². The van der Waals surface area contributed by atoms with Crippen LogP contribution in [-0.2, 0) is 0 Å². The molecule has 19 heavy (non-hydrogen) atoms. The largest absolute Gasteiger partial charge is 0.493 e. The van der Waals surface area contributed by atoms with Crippen LogP contribution in [0.15, 0.2) is 18.2 Å². The SMILES string of the molecule is COc1cccc(C(=O)N(CCCl)C2CC2)c1OC. The Morgan fingerprint density at radius 2 is 2.11 bits per heavy atom. The number of halogens is 1. The Morgan fingerprint density at radius 1 is 1.37 bits per heavy atom. The van der Waals surface area contributed by atoms with Crippen LogP contribution in [-0.4, -0.2) is 43.5 Å². The fourth-order valence-electron chi connectivity index (χ4n) is 2.14. The monoisotopic (exact) mass is 283 g/mol. The molecule has 1 fully saturated rings. The number of hydrogen-bond donors (Lipinski definition) is 0. The van der Waals surface area contributed by atoms with Crippen molar-refractivity contribution in [3.8, 4) is 11.5 Å². The maximum atomic E-state index is 12.6. The molecule has 0 heterocycles. The van der Waals surface area contributed by atoms with Gasteiger partial charge in [0.25, 0.3) is 5.91 Å². The maximum Gasteiger partial charge on any atom is 0.258 e. The second-order valence-electron chi connectivity index (χ2n) is 4.46. The first-order valence-corrected chi connectivity index (χ1v) is 6.84. The van der Waals surface area contributed by atoms with Crippen LogP contribution < -0.4 is 9.47 Å². The second kappa shape index (κ2) is 6.15. The zero-order valence-electron chi connectivity index (χ0n) is 11.2. The normalized spacial score (nSPS) is 14.1. The summed E-state index contributed by atoms with van der Waals surface area (Å²) in [4.78, 5) is 14.4. The molecule has 1 aromatic rings. The summed E-state index contributed by atoms with van der Waals surface area (Å²) in [6.45, 7) is 0.561. The third-order valence-electron chi connectivity index (χ3n) is 3.21. The van der Waals surface area contributed by atoms with E-state index < -0.39 is 0 Å². The molecule has 0 aromatic heterocycles. The number of ether oxygens (including phenoxy) is 2. The molecule has 0 radical (unpaired) electrons. The van der Waals surface area contributed by atoms with Gasteiger partial charge in [0, 0.05) is 18.5 Å². The van der Waals surface area contributed by atoms with E-state index in [1.54, 1.807) is 25.3 Å². The summed E-state index contributed by atoms with van der Waals surface area (Å²) in [7, 11) is 3.10. The van der Waals surface area contributed by atoms with Crippen LogP contribution in [0.4, 0.5) is 0 Å². The average Bonchev–Trinajstić information content (AvgIpc) is 3.27. The number of benzene rings is 1. The van der Waals surface area contributed by atoms with Crippen molar-refractivity contribution in [1.29, 1.82) is 0 Å². The zero-order chi connectivity index (χ0) is 13.8. The van der Waals surface area contributed by atoms with Gasteiger partial charge in [-0.25, -0.2) is 0 Å². The lowest BCUT2D eigenvalue weighted by Gasteiger charge is -2.22. The summed E-state index contributed by atoms with van der Waals surface area (Å²) in [5, 5.41) is 0. The predicted octanol–water partition coefficient (Wildman–Crippen LogP) is 2.55. The van der Waals surface area contributed by atoms with Gasteiger partial charge in [-0.15, -0.1) is 11.6 Å². The number of methoxy groups -OCH3 is 2. The van der Waals surface area contributed by atoms with Gasteiger partial charge in [-0.2, -0.15) is 0 Å². The Balaban J connectivity index is 2.31. The molecule has 1 amide bonds. The van der Waals surface area contributed by atoms with Crippen LogP contribution in [0.2, 0.25) is 0 Å². The van der Waals surface area contributed by atoms with Crippen LogP contribution in [0.1, 0.15) is 23.2 Å². The number of amides is 1. The molecule has 0 bridgehead atoms. The van der Waals surface area contributed by atoms with Gasteiger partial charge in [0.15, 0.2) is 11.5 Å². The Morgan fingerprint density at radius 3 is 2.63 bits per heavy atom. The van der Waals surface area contributed by atoms with Gasteiger partial charge < -0.3 is 14.4 Å². The lowest BCUT2D eigenvalue weighted by Crippen LogP contribution is -2.35. The summed E-state index contributed by atoms with van der Waals surface area (Å²) in [5.74, 6) is 1.44. The van der Waals surface area contributed by atoms with Gasteiger partial charge in [0.1, 0.15) is 0 Å². The number of nitrogens with zero attached hydrogens (tertiary/aromatic N) is 1. The molecular formula is C14H18ClNO3. The zero-order valence-corrected chi connectivity index (χ0v) is 11.9. The molecule has 2 rings (SSSR count). The van der Waals surface area contributed by atoms with Crippen molar-refractivity contribution in [3.05, 3.63) is 23.8 Å². The Labute approximate surface area is 118 Å². The van der Waals surface area contributed by atoms with E-state index in [9.17, 15) is 4.79 Å². The van der Waals surface area contributed by atoms with E-state index in [0.717, 1.165) is 12.8 Å². The Bertz CT molecular complexity index is 460. The molecule has 0 unspecified atom stereocenters. The summed E-state index contributed by atoms with van der Waals surface area (Å²) in [6.07, 6.45) is 2.10. The van der Waals surface area contributed by atoms with Crippen molar-refractivity contribution < 1.29 is 14.3 Å². The number of hydrogen-bond acceptors (Lipinski definition) is 3. The van der Waals surface area contributed by atoms with E-state index in [2.05, 4.69) is 0 Å². The van der Waals surface area contributed by atoms with Crippen LogP contribution in [0, 0.1) is 0 Å². The quantitative estimate of drug-likeness (QED) is 0.753. The molecule has 0 aliphatic heterocycles. The van der Waals surface area contributed by atoms with E-state index in [0.29, 0.717) is 35.5 Å². The van der Waals surface area contributed by atoms with Gasteiger partial charge in [-0.1, -0.05) is 6.07 Å². The third-order valence-corrected chi connectivity index (χ3v) is 3.38. The highest BCUT2D eigenvalue weighted by Crippen LogP contribution is 2.34. The lowest BCUT2D eigenvalue weighted by molar-refractivity contribution is 0.0749. The maximum absolute atomic E-state index is 12.6. The van der Waals surface area contributed by atoms with E-state index in [1.807, 2.05) is 4.90 Å². The lowest BCUT2D eigenvalue weighted by atomic mass is 10.1. The van der Waals surface area contributed by atoms with Crippen LogP contribution >= 0.6 is 11.6 Å². The fourth-order valence-corrected chi connectivity index (χ4v) is 2.32. The molecule has 1 saturated carbocycles. The number of carbonyl (C=O) groups excluding carboxylic acids is 1. The molecule has 0 spiro atoms. The van der Waals surface area contributed by atoms with E-state index in [4.69, 9.17) is 21.1 Å². The van der Waals surface area contributed by atoms with Gasteiger partial charge >= 0.3 is 0 Å². The minimum atomic E-state index is -0.0427. The molecule has 1 aromatic carbocycles. The highest BCUT2D eigenvalue weighted by Gasteiger charge is 2.34. The predicted molar refractivity (Wildman–Crippen MR) is 74.3 cm³/mol. The van der Waals surface area contributed by atoms with Crippen molar-refractivity contribution >= 4 is 17.5 Å². The summed E-state index contributed by atoms with van der Waals surface area (Å²) in [6, 6.07) is 5.65. The number of carbonyl (C=O) groups is 1. The molecule has 1 aliphatic carbocycles. The first kappa shape index (κ1) is 14.0. The minimum absolute atomic E-state index is 0.0427. The van der Waals surface area contributed by atoms with Crippen LogP contribution in [0.5, 0.6) is 11.5 Å². The molecule has 0 atom stereocenters. The summed E-state index contributed by atoms with van der Waals surface area (Å²) in [5.41, 5.74) is 0.527. The third kappa shape index (κ3) is 2.95. The van der Waals surface area contributed by atoms with Crippen molar-refractivity contribution in [2.24, 2.45) is 0 Å². The fraction of sp³-hybridized carbons (Fsp3) is 0.500. The van der Waals surface area contributed by atoms with Gasteiger partial charge in [-0.05, 0) is 25.0 Å². The molecule has 4 nitrogen and oxygen atoms in total. The molecule has 5 heteroatoms. The average molecular weight is 284 g/mol. The van der Waals surface area contributed by atoms with Crippen molar-refractivity contribution in [1.82, 2.24) is 4.90 Å². The highest BCUT2D eigenvalue weighted by molar-refractivity contribution is 6.18. The summed E-state index contributed by atoms with van der Waals surface area (Å²) < 4.78 is 10.5. The van der Waals surface area contributed by atoms with E-state index in [1.165, 1.54) is 7.11 Å². The summed E-state index contributed by atoms with van der Waals surface area (Å²) >= 11 is 5.78. The van der Waals surface area contributed by atoms with Crippen LogP contribution in [0.25, 0.3) is 0 Å². The molecular weight excluding hydrogens is 266 g/mol. The highest BCUT2D eigenvalue weighted by atomic mass is 35.5. The van der Waals surface area contributed by atoms with Crippen molar-refractivity contribution in [3.63, 3.8) is 0 Å². The van der Waals surface area contributed by atoms with Gasteiger partial charge in [0.2, 0.25) is 0 Å². The smallest absolute Gasteiger partial charge is 0.258 e. The first-order valence-electron chi connectivity index (χ1n) is 6.30. The second-order valence-corrected chi connectivity index (χ2v) is 4.84. The molecule has 0 saturated heterocycles. The Kier molecular flexibility index (Phi) is 4.53. The molecule has 1 aliphatic rings. The van der Waals surface area contributed by atoms with Gasteiger partial charge in [-0.3, -0.25) is 4.79 Å². The molecule has 104 valence electrons. The van der Waals surface area contributed by atoms with Gasteiger partial charge in [0.05, 0.1) is 19.8 Å². The Hall–Kier alpha value is -1.42. The number of para-hydroxylation sites is 1. The number of rotatable bonds is 6. The first-order chi connectivity index (χ1) is 9.22.